The van der Waals surface area contributed by atoms with Crippen molar-refractivity contribution in [2.75, 3.05) is 13.7 Å². The molecule has 0 bridgehead atoms. The molecule has 0 saturated heterocycles. The van der Waals surface area contributed by atoms with Crippen molar-refractivity contribution in [3.63, 3.8) is 0 Å². The van der Waals surface area contributed by atoms with E-state index in [2.05, 4.69) is 10.3 Å². The van der Waals surface area contributed by atoms with Crippen LogP contribution in [0.15, 0.2) is 66.9 Å². The number of rotatable bonds is 5. The molecule has 0 fully saturated rings. The Balaban J connectivity index is 1.36. The van der Waals surface area contributed by atoms with Gasteiger partial charge in [0.15, 0.2) is 11.5 Å². The first-order valence-electron chi connectivity index (χ1n) is 11.1. The summed E-state index contributed by atoms with van der Waals surface area (Å²) < 4.78 is 18.0. The predicted octanol–water partition coefficient (Wildman–Crippen LogP) is 4.65. The van der Waals surface area contributed by atoms with Gasteiger partial charge in [-0.1, -0.05) is 36.4 Å². The van der Waals surface area contributed by atoms with E-state index in [0.717, 1.165) is 39.8 Å². The van der Waals surface area contributed by atoms with Crippen LogP contribution in [0.25, 0.3) is 10.9 Å². The van der Waals surface area contributed by atoms with Gasteiger partial charge in [0.2, 0.25) is 5.91 Å². The molecule has 6 nitrogen and oxygen atoms in total. The van der Waals surface area contributed by atoms with Gasteiger partial charge in [-0.25, -0.2) is 0 Å². The fourth-order valence-electron chi connectivity index (χ4n) is 4.94. The van der Waals surface area contributed by atoms with Crippen molar-refractivity contribution < 1.29 is 19.0 Å². The van der Waals surface area contributed by atoms with Crippen LogP contribution in [0, 0.1) is 0 Å². The molecule has 0 radical (unpaired) electrons. The van der Waals surface area contributed by atoms with Gasteiger partial charge in [0, 0.05) is 29.2 Å². The summed E-state index contributed by atoms with van der Waals surface area (Å²) in [5, 5.41) is 4.20. The summed E-state index contributed by atoms with van der Waals surface area (Å²) in [5.74, 6) is 1.58. The third-order valence-corrected chi connectivity index (χ3v) is 6.53. The lowest BCUT2D eigenvalue weighted by Crippen LogP contribution is -2.34. The van der Waals surface area contributed by atoms with Crippen molar-refractivity contribution in [2.45, 2.75) is 25.0 Å². The van der Waals surface area contributed by atoms with Gasteiger partial charge in [-0.15, -0.1) is 0 Å². The molecule has 6 heteroatoms. The average Bonchev–Trinajstić information content (AvgIpc) is 3.43. The first-order valence-corrected chi connectivity index (χ1v) is 11.1. The van der Waals surface area contributed by atoms with Crippen molar-refractivity contribution in [3.05, 3.63) is 89.1 Å². The van der Waals surface area contributed by atoms with Crippen LogP contribution < -0.4 is 19.5 Å². The van der Waals surface area contributed by atoms with Crippen molar-refractivity contribution in [1.82, 2.24) is 10.3 Å². The topological polar surface area (TPSA) is 72.6 Å². The number of ether oxygens (including phenoxy) is 3. The van der Waals surface area contributed by atoms with E-state index in [9.17, 15) is 4.79 Å². The summed E-state index contributed by atoms with van der Waals surface area (Å²) in [6, 6.07) is 19.7. The van der Waals surface area contributed by atoms with Gasteiger partial charge in [0.05, 0.1) is 7.11 Å². The van der Waals surface area contributed by atoms with Crippen LogP contribution in [0.4, 0.5) is 0 Å². The van der Waals surface area contributed by atoms with E-state index in [1.165, 1.54) is 5.56 Å². The molecule has 1 aromatic heterocycles. The lowest BCUT2D eigenvalue weighted by atomic mass is 9.86. The van der Waals surface area contributed by atoms with Crippen LogP contribution in [-0.2, 0) is 17.8 Å². The number of carbonyl (C=O) groups is 1. The number of aromatic nitrogens is 1. The second kappa shape index (κ2) is 7.89. The Morgan fingerprint density at radius 2 is 1.94 bits per heavy atom. The molecule has 3 aromatic carbocycles. The highest BCUT2D eigenvalue weighted by atomic mass is 16.5. The van der Waals surface area contributed by atoms with E-state index in [-0.39, 0.29) is 5.91 Å². The van der Waals surface area contributed by atoms with Gasteiger partial charge < -0.3 is 24.5 Å². The second-order valence-corrected chi connectivity index (χ2v) is 8.46. The van der Waals surface area contributed by atoms with Gasteiger partial charge in [-0.05, 0) is 47.4 Å². The van der Waals surface area contributed by atoms with Crippen LogP contribution in [0.5, 0.6) is 17.2 Å². The molecule has 1 amide bonds. The Kier molecular flexibility index (Phi) is 4.72. The number of hydrogen-bond acceptors (Lipinski definition) is 4. The zero-order valence-electron chi connectivity index (χ0n) is 18.3. The molecule has 0 spiro atoms. The van der Waals surface area contributed by atoms with E-state index in [1.807, 2.05) is 66.9 Å². The molecular weight excluding hydrogens is 416 g/mol. The van der Waals surface area contributed by atoms with E-state index >= 15 is 0 Å². The summed E-state index contributed by atoms with van der Waals surface area (Å²) in [5.41, 5.74) is 5.17. The minimum absolute atomic E-state index is 0.0125. The summed E-state index contributed by atoms with van der Waals surface area (Å²) in [4.78, 5) is 16.6. The Morgan fingerprint density at radius 1 is 1.06 bits per heavy atom. The van der Waals surface area contributed by atoms with Crippen LogP contribution in [0.1, 0.15) is 34.3 Å². The van der Waals surface area contributed by atoms with Gasteiger partial charge in [-0.3, -0.25) is 4.79 Å². The summed E-state index contributed by atoms with van der Waals surface area (Å²) >= 11 is 0. The van der Waals surface area contributed by atoms with Gasteiger partial charge in [-0.2, -0.15) is 0 Å². The Hall–Kier alpha value is -3.93. The number of methoxy groups -OCH3 is 1. The summed E-state index contributed by atoms with van der Waals surface area (Å²) in [7, 11) is 1.62. The molecular formula is C27H24N2O4. The van der Waals surface area contributed by atoms with E-state index in [0.29, 0.717) is 24.7 Å². The van der Waals surface area contributed by atoms with Crippen LogP contribution in [0.2, 0.25) is 0 Å². The Bertz CT molecular complexity index is 1350. The molecule has 2 atom stereocenters. The van der Waals surface area contributed by atoms with E-state index in [1.54, 1.807) is 7.11 Å². The van der Waals surface area contributed by atoms with Gasteiger partial charge >= 0.3 is 0 Å². The van der Waals surface area contributed by atoms with Crippen molar-refractivity contribution in [3.8, 4) is 17.2 Å². The van der Waals surface area contributed by atoms with Gasteiger partial charge in [0.1, 0.15) is 24.4 Å². The zero-order valence-corrected chi connectivity index (χ0v) is 18.3. The zero-order chi connectivity index (χ0) is 22.4. The molecule has 4 aromatic rings. The normalized spacial score (nSPS) is 18.9. The molecule has 2 aliphatic heterocycles. The molecule has 2 N–H and O–H groups in total. The predicted molar refractivity (Wildman–Crippen MR) is 125 cm³/mol. The number of H-pyrrole nitrogens is 1. The molecule has 2 aliphatic rings. The largest absolute Gasteiger partial charge is 0.493 e. The average molecular weight is 440 g/mol. The molecule has 0 aliphatic carbocycles. The number of benzene rings is 3. The second-order valence-electron chi connectivity index (χ2n) is 8.46. The minimum atomic E-state index is -0.441. The molecule has 3 heterocycles. The molecule has 0 unspecified atom stereocenters. The first kappa shape index (κ1) is 19.7. The van der Waals surface area contributed by atoms with Crippen molar-refractivity contribution in [1.29, 1.82) is 0 Å². The maximum absolute atomic E-state index is 13.2. The van der Waals surface area contributed by atoms with Crippen molar-refractivity contribution in [2.24, 2.45) is 0 Å². The van der Waals surface area contributed by atoms with Crippen LogP contribution >= 0.6 is 0 Å². The number of hydrogen-bond donors (Lipinski definition) is 2. The Labute approximate surface area is 191 Å². The SMILES string of the molecule is COc1cc([C@H]2Oc3ccc4[nH]cc5c4c3[C@@H]2C(=O)NCC5)ccc1OCc1ccccc1. The standard InChI is InChI=1S/C27H24N2O4/c1-31-22-13-17(7-9-20(22)32-15-16-5-3-2-4-6-16)26-25-24-21(33-26)10-8-19-23(24)18(14-29-19)11-12-28-27(25)30/h2-10,13-14,25-26,29H,11-12,15H2,1H3,(H,28,30)/t25-,26+/m0/s1. The fraction of sp³-hybridized carbons (Fsp3) is 0.222. The first-order chi connectivity index (χ1) is 16.2. The highest BCUT2D eigenvalue weighted by Gasteiger charge is 2.43. The molecule has 0 saturated carbocycles. The Morgan fingerprint density at radius 3 is 2.79 bits per heavy atom. The quantitative estimate of drug-likeness (QED) is 0.474. The number of carbonyl (C=O) groups excluding carboxylic acids is 1. The van der Waals surface area contributed by atoms with Crippen molar-refractivity contribution >= 4 is 16.8 Å². The summed E-state index contributed by atoms with van der Waals surface area (Å²) in [6.45, 7) is 1.05. The lowest BCUT2D eigenvalue weighted by molar-refractivity contribution is -0.124. The highest BCUT2D eigenvalue weighted by Crippen LogP contribution is 2.51. The number of amides is 1. The maximum atomic E-state index is 13.2. The van der Waals surface area contributed by atoms with Crippen LogP contribution in [0.3, 0.4) is 0 Å². The fourth-order valence-corrected chi connectivity index (χ4v) is 4.94. The maximum Gasteiger partial charge on any atom is 0.231 e. The third-order valence-electron chi connectivity index (χ3n) is 6.53. The number of aromatic amines is 1. The molecule has 6 rings (SSSR count). The smallest absolute Gasteiger partial charge is 0.231 e. The minimum Gasteiger partial charge on any atom is -0.493 e. The number of nitrogens with one attached hydrogen (secondary N) is 2. The van der Waals surface area contributed by atoms with Crippen LogP contribution in [-0.4, -0.2) is 24.5 Å². The molecule has 33 heavy (non-hydrogen) atoms. The van der Waals surface area contributed by atoms with E-state index in [4.69, 9.17) is 14.2 Å². The van der Waals surface area contributed by atoms with E-state index < -0.39 is 12.0 Å². The molecule has 166 valence electrons. The third kappa shape index (κ3) is 3.30. The highest BCUT2D eigenvalue weighted by molar-refractivity contribution is 5.97. The lowest BCUT2D eigenvalue weighted by Gasteiger charge is -2.22. The van der Waals surface area contributed by atoms with Gasteiger partial charge in [0.25, 0.3) is 0 Å². The monoisotopic (exact) mass is 440 g/mol. The summed E-state index contributed by atoms with van der Waals surface area (Å²) in [6.07, 6.45) is 2.39.